The minimum absolute atomic E-state index is 0.110. The topological polar surface area (TPSA) is 83.5 Å². The molecule has 1 aromatic rings. The summed E-state index contributed by atoms with van der Waals surface area (Å²) in [5.41, 5.74) is -0.436. The quantitative estimate of drug-likeness (QED) is 0.171. The van der Waals surface area contributed by atoms with Crippen molar-refractivity contribution >= 4 is 29.7 Å². The van der Waals surface area contributed by atoms with Crippen LogP contribution in [0.15, 0.2) is 29.3 Å². The van der Waals surface area contributed by atoms with Crippen molar-refractivity contribution in [2.75, 3.05) is 26.2 Å². The molecule has 220 valence electrons. The molecule has 1 N–H and O–H groups in total. The maximum Gasteiger partial charge on any atom is 0.437 e. The van der Waals surface area contributed by atoms with E-state index in [-0.39, 0.29) is 5.96 Å². The lowest BCUT2D eigenvalue weighted by Crippen LogP contribution is -2.46. The van der Waals surface area contributed by atoms with Crippen molar-refractivity contribution in [3.05, 3.63) is 34.9 Å². The van der Waals surface area contributed by atoms with Crippen LogP contribution in [0.1, 0.15) is 98.5 Å². The minimum Gasteiger partial charge on any atom is -0.444 e. The molecule has 0 aliphatic carbocycles. The van der Waals surface area contributed by atoms with Crippen LogP contribution in [0.3, 0.4) is 0 Å². The predicted molar refractivity (Wildman–Crippen MR) is 158 cm³/mol. The number of hydrogen-bond acceptors (Lipinski definition) is 5. The van der Waals surface area contributed by atoms with Crippen molar-refractivity contribution in [1.29, 1.82) is 0 Å². The predicted octanol–water partition coefficient (Wildman–Crippen LogP) is 7.39. The van der Waals surface area contributed by atoms with Crippen molar-refractivity contribution in [3.8, 4) is 0 Å². The SMILES string of the molecule is CC(C)(C)OC(=O)/N=C(/NC(=O)OC(C)(C)C)N(CCCCCCCCN1CCCC1)Cc1ccc(Cl)cc1. The Morgan fingerprint density at radius 3 is 2.05 bits per heavy atom. The van der Waals surface area contributed by atoms with Gasteiger partial charge in [-0.15, -0.1) is 4.99 Å². The summed E-state index contributed by atoms with van der Waals surface area (Å²) in [7, 11) is 0. The Morgan fingerprint density at radius 1 is 0.897 bits per heavy atom. The molecule has 0 atom stereocenters. The number of ether oxygens (including phenoxy) is 2. The molecule has 0 spiro atoms. The smallest absolute Gasteiger partial charge is 0.437 e. The van der Waals surface area contributed by atoms with E-state index in [1.165, 1.54) is 51.7 Å². The average molecular weight is 565 g/mol. The number of likely N-dealkylation sites (tertiary alicyclic amines) is 1. The number of rotatable bonds is 11. The lowest BCUT2D eigenvalue weighted by Gasteiger charge is -2.28. The molecule has 0 bridgehead atoms. The van der Waals surface area contributed by atoms with Crippen molar-refractivity contribution in [3.63, 3.8) is 0 Å². The number of aliphatic imine (C=N–C) groups is 1. The number of amides is 2. The van der Waals surface area contributed by atoms with Gasteiger partial charge in [-0.1, -0.05) is 49.4 Å². The lowest BCUT2D eigenvalue weighted by molar-refractivity contribution is 0.0554. The highest BCUT2D eigenvalue weighted by atomic mass is 35.5. The van der Waals surface area contributed by atoms with Crippen LogP contribution in [-0.2, 0) is 16.0 Å². The molecule has 2 rings (SSSR count). The molecule has 0 unspecified atom stereocenters. The van der Waals surface area contributed by atoms with Crippen LogP contribution in [0, 0.1) is 0 Å². The Kier molecular flexibility index (Phi) is 13.5. The van der Waals surface area contributed by atoms with Crippen LogP contribution in [0.25, 0.3) is 0 Å². The number of alkyl carbamates (subject to hydrolysis) is 1. The van der Waals surface area contributed by atoms with E-state index in [0.717, 1.165) is 24.8 Å². The Hall–Kier alpha value is -2.32. The molecule has 39 heavy (non-hydrogen) atoms. The maximum atomic E-state index is 12.7. The molecule has 1 aliphatic heterocycles. The molecule has 0 aromatic heterocycles. The highest BCUT2D eigenvalue weighted by molar-refractivity contribution is 6.30. The van der Waals surface area contributed by atoms with Gasteiger partial charge < -0.3 is 19.3 Å². The van der Waals surface area contributed by atoms with Crippen molar-refractivity contribution in [2.45, 2.75) is 111 Å². The van der Waals surface area contributed by atoms with Crippen molar-refractivity contribution in [1.82, 2.24) is 15.1 Å². The third kappa shape index (κ3) is 15.2. The van der Waals surface area contributed by atoms with E-state index >= 15 is 0 Å². The molecule has 2 amide bonds. The number of benzene rings is 1. The maximum absolute atomic E-state index is 12.7. The van der Waals surface area contributed by atoms with E-state index in [1.54, 1.807) is 41.5 Å². The third-order valence-corrected chi connectivity index (χ3v) is 6.39. The fraction of sp³-hybridized carbons (Fsp3) is 0.700. The van der Waals surface area contributed by atoms with Crippen LogP contribution in [0.2, 0.25) is 5.02 Å². The van der Waals surface area contributed by atoms with Crippen LogP contribution in [0.5, 0.6) is 0 Å². The number of carbonyl (C=O) groups excluding carboxylic acids is 2. The summed E-state index contributed by atoms with van der Waals surface area (Å²) in [5.74, 6) is 0.110. The van der Waals surface area contributed by atoms with Gasteiger partial charge in [0, 0.05) is 18.1 Å². The van der Waals surface area contributed by atoms with Gasteiger partial charge >= 0.3 is 12.2 Å². The van der Waals surface area contributed by atoms with E-state index in [9.17, 15) is 9.59 Å². The first-order valence-electron chi connectivity index (χ1n) is 14.3. The van der Waals surface area contributed by atoms with E-state index in [1.807, 2.05) is 29.2 Å². The zero-order chi connectivity index (χ0) is 28.9. The fourth-order valence-corrected chi connectivity index (χ4v) is 4.49. The van der Waals surface area contributed by atoms with E-state index in [4.69, 9.17) is 21.1 Å². The van der Waals surface area contributed by atoms with Crippen molar-refractivity contribution in [2.24, 2.45) is 4.99 Å². The molecular formula is C30H49ClN4O4. The number of nitrogens with one attached hydrogen (secondary N) is 1. The zero-order valence-corrected chi connectivity index (χ0v) is 25.6. The molecule has 1 aromatic carbocycles. The highest BCUT2D eigenvalue weighted by Gasteiger charge is 2.23. The fourth-order valence-electron chi connectivity index (χ4n) is 4.37. The van der Waals surface area contributed by atoms with Crippen LogP contribution in [0.4, 0.5) is 9.59 Å². The van der Waals surface area contributed by atoms with Gasteiger partial charge in [0.15, 0.2) is 0 Å². The molecular weight excluding hydrogens is 516 g/mol. The molecule has 8 nitrogen and oxygen atoms in total. The first-order chi connectivity index (χ1) is 18.3. The molecule has 0 radical (unpaired) electrons. The van der Waals surface area contributed by atoms with E-state index in [2.05, 4.69) is 15.2 Å². The summed E-state index contributed by atoms with van der Waals surface area (Å²) in [6.45, 7) is 15.5. The Bertz CT molecular complexity index is 916. The molecule has 1 saturated heterocycles. The van der Waals surface area contributed by atoms with Gasteiger partial charge in [0.2, 0.25) is 5.96 Å². The monoisotopic (exact) mass is 564 g/mol. The van der Waals surface area contributed by atoms with Gasteiger partial charge in [0.1, 0.15) is 11.2 Å². The van der Waals surface area contributed by atoms with E-state index in [0.29, 0.717) is 18.1 Å². The molecule has 1 heterocycles. The summed E-state index contributed by atoms with van der Waals surface area (Å²) in [6, 6.07) is 7.49. The Morgan fingerprint density at radius 2 is 1.46 bits per heavy atom. The normalized spacial score (nSPS) is 14.8. The van der Waals surface area contributed by atoms with E-state index < -0.39 is 23.4 Å². The number of hydrogen-bond donors (Lipinski definition) is 1. The van der Waals surface area contributed by atoms with Crippen molar-refractivity contribution < 1.29 is 19.1 Å². The minimum atomic E-state index is -0.771. The second kappa shape index (κ2) is 16.1. The summed E-state index contributed by atoms with van der Waals surface area (Å²) >= 11 is 6.09. The van der Waals surface area contributed by atoms with Gasteiger partial charge in [0.05, 0.1) is 0 Å². The van der Waals surface area contributed by atoms with Crippen LogP contribution >= 0.6 is 11.6 Å². The van der Waals surface area contributed by atoms with Crippen LogP contribution < -0.4 is 5.32 Å². The summed E-state index contributed by atoms with van der Waals surface area (Å²) in [4.78, 5) is 34.0. The Labute approximate surface area is 240 Å². The van der Waals surface area contributed by atoms with Gasteiger partial charge in [-0.05, 0) is 105 Å². The van der Waals surface area contributed by atoms with Gasteiger partial charge in [-0.25, -0.2) is 9.59 Å². The molecule has 9 heteroatoms. The highest BCUT2D eigenvalue weighted by Crippen LogP contribution is 2.16. The first kappa shape index (κ1) is 32.9. The third-order valence-electron chi connectivity index (χ3n) is 6.14. The number of unbranched alkanes of at least 4 members (excludes halogenated alkanes) is 5. The molecule has 0 saturated carbocycles. The zero-order valence-electron chi connectivity index (χ0n) is 24.9. The number of guanidine groups is 1. The first-order valence-corrected chi connectivity index (χ1v) is 14.7. The summed E-state index contributed by atoms with van der Waals surface area (Å²) in [5, 5.41) is 3.34. The second-order valence-corrected chi connectivity index (χ2v) is 12.7. The van der Waals surface area contributed by atoms with Gasteiger partial charge in [-0.3, -0.25) is 5.32 Å². The number of carbonyl (C=O) groups is 2. The standard InChI is InChI=1S/C30H49ClN4O4/c1-29(2,3)38-27(36)32-26(33-28(37)39-30(4,5)6)35(23-24-15-17-25(31)18-16-24)22-12-10-8-7-9-11-19-34-20-13-14-21-34/h15-18H,7-14,19-23H2,1-6H3,(H,32,33,36,37). The Balaban J connectivity index is 2.06. The average Bonchev–Trinajstić information content (AvgIpc) is 3.32. The second-order valence-electron chi connectivity index (χ2n) is 12.3. The summed E-state index contributed by atoms with van der Waals surface area (Å²) in [6.07, 6.45) is 8.04. The number of halogens is 1. The van der Waals surface area contributed by atoms with Crippen LogP contribution in [-0.4, -0.2) is 65.3 Å². The largest absolute Gasteiger partial charge is 0.444 e. The number of nitrogens with zero attached hydrogens (tertiary/aromatic N) is 3. The summed E-state index contributed by atoms with van der Waals surface area (Å²) < 4.78 is 10.9. The molecule has 1 fully saturated rings. The van der Waals surface area contributed by atoms with Gasteiger partial charge in [0.25, 0.3) is 0 Å². The molecule has 1 aliphatic rings. The lowest BCUT2D eigenvalue weighted by atomic mass is 10.1. The van der Waals surface area contributed by atoms with Gasteiger partial charge in [-0.2, -0.15) is 0 Å².